The molecule has 22 heavy (non-hydrogen) atoms. The fourth-order valence-electron chi connectivity index (χ4n) is 4.95. The van der Waals surface area contributed by atoms with Gasteiger partial charge in [-0.05, 0) is 43.1 Å². The molecule has 0 radical (unpaired) electrons. The Morgan fingerprint density at radius 2 is 1.59 bits per heavy atom. The summed E-state index contributed by atoms with van der Waals surface area (Å²) >= 11 is 0. The molecule has 0 aromatic heterocycles. The van der Waals surface area contributed by atoms with Crippen LogP contribution in [0.5, 0.6) is 0 Å². The standard InChI is InChI=1S/C20H29NO/c1-3-7-16(8-4-1)15-22-20-11-17-13-21(14-18(17)12-20)19-9-5-2-6-10-19/h1,3-4,7-8,17-20H,2,5-6,9-15H2/t17-,18+,20?. The number of hydrogen-bond donors (Lipinski definition) is 0. The number of likely N-dealkylation sites (tertiary alicyclic amines) is 1. The maximum atomic E-state index is 6.19. The van der Waals surface area contributed by atoms with Gasteiger partial charge in [-0.25, -0.2) is 0 Å². The lowest BCUT2D eigenvalue weighted by molar-refractivity contribution is 0.0354. The van der Waals surface area contributed by atoms with E-state index in [-0.39, 0.29) is 0 Å². The van der Waals surface area contributed by atoms with E-state index in [2.05, 4.69) is 35.2 Å². The molecule has 1 aromatic carbocycles. The van der Waals surface area contributed by atoms with E-state index < -0.39 is 0 Å². The number of fused-ring (bicyclic) bond motifs is 1. The normalized spacial score (nSPS) is 33.2. The highest BCUT2D eigenvalue weighted by atomic mass is 16.5. The Kier molecular flexibility index (Phi) is 4.49. The van der Waals surface area contributed by atoms with Gasteiger partial charge in [0.1, 0.15) is 0 Å². The molecule has 1 unspecified atom stereocenters. The third-order valence-corrected chi connectivity index (χ3v) is 6.16. The van der Waals surface area contributed by atoms with Gasteiger partial charge in [0.15, 0.2) is 0 Å². The van der Waals surface area contributed by atoms with Gasteiger partial charge in [0.25, 0.3) is 0 Å². The van der Waals surface area contributed by atoms with E-state index in [1.165, 1.54) is 63.6 Å². The van der Waals surface area contributed by atoms with Gasteiger partial charge in [0, 0.05) is 19.1 Å². The summed E-state index contributed by atoms with van der Waals surface area (Å²) in [5.41, 5.74) is 1.31. The average molecular weight is 299 g/mol. The van der Waals surface area contributed by atoms with Crippen molar-refractivity contribution in [1.29, 1.82) is 0 Å². The van der Waals surface area contributed by atoms with Crippen LogP contribution in [0.2, 0.25) is 0 Å². The minimum atomic E-state index is 0.503. The molecule has 2 aliphatic carbocycles. The zero-order chi connectivity index (χ0) is 14.8. The molecule has 0 spiro atoms. The second-order valence-electron chi connectivity index (χ2n) is 7.66. The fourth-order valence-corrected chi connectivity index (χ4v) is 4.95. The Bertz CT molecular complexity index is 454. The summed E-state index contributed by atoms with van der Waals surface area (Å²) in [6, 6.07) is 11.5. The molecule has 0 N–H and O–H groups in total. The molecule has 1 heterocycles. The molecule has 1 aliphatic heterocycles. The van der Waals surface area contributed by atoms with Gasteiger partial charge < -0.3 is 4.74 Å². The first kappa shape index (κ1) is 14.7. The first-order valence-corrected chi connectivity index (χ1v) is 9.28. The molecule has 2 saturated carbocycles. The highest BCUT2D eigenvalue weighted by Gasteiger charge is 2.43. The summed E-state index contributed by atoms with van der Waals surface area (Å²) in [5, 5.41) is 0. The minimum absolute atomic E-state index is 0.503. The quantitative estimate of drug-likeness (QED) is 0.824. The zero-order valence-electron chi connectivity index (χ0n) is 13.6. The van der Waals surface area contributed by atoms with Crippen molar-refractivity contribution in [2.24, 2.45) is 11.8 Å². The Morgan fingerprint density at radius 3 is 2.27 bits per heavy atom. The highest BCUT2D eigenvalue weighted by molar-refractivity contribution is 5.13. The number of ether oxygens (including phenoxy) is 1. The van der Waals surface area contributed by atoms with Crippen LogP contribution in [0, 0.1) is 11.8 Å². The summed E-state index contributed by atoms with van der Waals surface area (Å²) in [7, 11) is 0. The minimum Gasteiger partial charge on any atom is -0.374 e. The first-order valence-electron chi connectivity index (χ1n) is 9.28. The molecular weight excluding hydrogens is 270 g/mol. The van der Waals surface area contributed by atoms with Crippen molar-refractivity contribution in [1.82, 2.24) is 4.90 Å². The largest absolute Gasteiger partial charge is 0.374 e. The molecule has 2 heteroatoms. The third kappa shape index (κ3) is 3.23. The molecule has 3 atom stereocenters. The molecule has 0 amide bonds. The van der Waals surface area contributed by atoms with Crippen LogP contribution in [0.1, 0.15) is 50.5 Å². The summed E-state index contributed by atoms with van der Waals surface area (Å²) in [6.07, 6.45) is 10.4. The lowest BCUT2D eigenvalue weighted by atomic mass is 9.94. The van der Waals surface area contributed by atoms with Crippen LogP contribution in [0.4, 0.5) is 0 Å². The summed E-state index contributed by atoms with van der Waals surface area (Å²) in [6.45, 7) is 3.48. The van der Waals surface area contributed by atoms with E-state index in [1.807, 2.05) is 0 Å². The van der Waals surface area contributed by atoms with Crippen molar-refractivity contribution in [3.63, 3.8) is 0 Å². The van der Waals surface area contributed by atoms with Crippen molar-refractivity contribution in [3.8, 4) is 0 Å². The number of rotatable bonds is 4. The monoisotopic (exact) mass is 299 g/mol. The second-order valence-corrected chi connectivity index (χ2v) is 7.66. The summed E-state index contributed by atoms with van der Waals surface area (Å²) in [4.78, 5) is 2.82. The molecule has 2 nitrogen and oxygen atoms in total. The van der Waals surface area contributed by atoms with Crippen molar-refractivity contribution in [2.75, 3.05) is 13.1 Å². The van der Waals surface area contributed by atoms with E-state index in [1.54, 1.807) is 0 Å². The first-order chi connectivity index (χ1) is 10.9. The van der Waals surface area contributed by atoms with Crippen molar-refractivity contribution < 1.29 is 4.74 Å². The van der Waals surface area contributed by atoms with Crippen LogP contribution in [0.3, 0.4) is 0 Å². The maximum absolute atomic E-state index is 6.19. The second kappa shape index (κ2) is 6.72. The molecule has 3 aliphatic rings. The summed E-state index contributed by atoms with van der Waals surface area (Å²) < 4.78 is 6.19. The topological polar surface area (TPSA) is 12.5 Å². The van der Waals surface area contributed by atoms with Crippen molar-refractivity contribution in [2.45, 2.75) is 63.7 Å². The highest BCUT2D eigenvalue weighted by Crippen LogP contribution is 2.41. The van der Waals surface area contributed by atoms with Gasteiger partial charge in [-0.2, -0.15) is 0 Å². The Labute approximate surface area is 134 Å². The van der Waals surface area contributed by atoms with E-state index >= 15 is 0 Å². The molecule has 0 bridgehead atoms. The molecule has 1 saturated heterocycles. The smallest absolute Gasteiger partial charge is 0.0720 e. The molecule has 120 valence electrons. The van der Waals surface area contributed by atoms with Crippen LogP contribution < -0.4 is 0 Å². The fraction of sp³-hybridized carbons (Fsp3) is 0.700. The van der Waals surface area contributed by atoms with E-state index in [9.17, 15) is 0 Å². The van der Waals surface area contributed by atoms with E-state index in [0.29, 0.717) is 6.10 Å². The number of nitrogens with zero attached hydrogens (tertiary/aromatic N) is 1. The lowest BCUT2D eigenvalue weighted by Crippen LogP contribution is -2.36. The van der Waals surface area contributed by atoms with Crippen LogP contribution in [0.15, 0.2) is 30.3 Å². The van der Waals surface area contributed by atoms with Gasteiger partial charge in [0.05, 0.1) is 12.7 Å². The molecule has 3 fully saturated rings. The van der Waals surface area contributed by atoms with Gasteiger partial charge in [-0.1, -0.05) is 49.6 Å². The van der Waals surface area contributed by atoms with E-state index in [0.717, 1.165) is 24.5 Å². The zero-order valence-corrected chi connectivity index (χ0v) is 13.6. The SMILES string of the molecule is c1ccc(COC2C[C@@H]3CN(C4CCCCC4)C[C@@H]3C2)cc1. The Hall–Kier alpha value is -0.860. The van der Waals surface area contributed by atoms with Gasteiger partial charge in [-0.3, -0.25) is 4.90 Å². The maximum Gasteiger partial charge on any atom is 0.0720 e. The number of benzene rings is 1. The van der Waals surface area contributed by atoms with Gasteiger partial charge in [-0.15, -0.1) is 0 Å². The average Bonchev–Trinajstić information content (AvgIpc) is 3.13. The van der Waals surface area contributed by atoms with Crippen molar-refractivity contribution >= 4 is 0 Å². The Balaban J connectivity index is 1.25. The molecular formula is C20H29NO. The summed E-state index contributed by atoms with van der Waals surface area (Å²) in [5.74, 6) is 1.81. The lowest BCUT2D eigenvalue weighted by Gasteiger charge is -2.32. The van der Waals surface area contributed by atoms with Crippen LogP contribution in [-0.2, 0) is 11.3 Å². The number of hydrogen-bond acceptors (Lipinski definition) is 2. The van der Waals surface area contributed by atoms with Crippen LogP contribution in [-0.4, -0.2) is 30.1 Å². The van der Waals surface area contributed by atoms with Gasteiger partial charge >= 0.3 is 0 Å². The van der Waals surface area contributed by atoms with E-state index in [4.69, 9.17) is 4.74 Å². The predicted octanol–water partition coefficient (Wildman–Crippen LogP) is 4.25. The van der Waals surface area contributed by atoms with Crippen LogP contribution in [0.25, 0.3) is 0 Å². The van der Waals surface area contributed by atoms with Crippen LogP contribution >= 0.6 is 0 Å². The predicted molar refractivity (Wildman–Crippen MR) is 89.7 cm³/mol. The third-order valence-electron chi connectivity index (χ3n) is 6.16. The van der Waals surface area contributed by atoms with Crippen molar-refractivity contribution in [3.05, 3.63) is 35.9 Å². The molecule has 4 rings (SSSR count). The Morgan fingerprint density at radius 1 is 0.909 bits per heavy atom. The molecule has 1 aromatic rings. The van der Waals surface area contributed by atoms with Gasteiger partial charge in [0.2, 0.25) is 0 Å².